The molecule has 110 valence electrons. The van der Waals surface area contributed by atoms with Gasteiger partial charge in [-0.05, 0) is 24.6 Å². The average molecular weight is 306 g/mol. The molecule has 0 aliphatic carbocycles. The van der Waals surface area contributed by atoms with Crippen LogP contribution in [0.3, 0.4) is 0 Å². The summed E-state index contributed by atoms with van der Waals surface area (Å²) in [6.45, 7) is 0. The number of para-hydroxylation sites is 2. The van der Waals surface area contributed by atoms with E-state index in [4.69, 9.17) is 0 Å². The lowest BCUT2D eigenvalue weighted by Gasteiger charge is -2.21. The first kappa shape index (κ1) is 13.6. The van der Waals surface area contributed by atoms with E-state index in [2.05, 4.69) is 70.4 Å². The molecule has 2 nitrogen and oxygen atoms in total. The summed E-state index contributed by atoms with van der Waals surface area (Å²) in [5.74, 6) is 1.57. The van der Waals surface area contributed by atoms with Crippen LogP contribution in [-0.4, -0.2) is 23.6 Å². The Hall–Kier alpha value is -2.00. The van der Waals surface area contributed by atoms with Gasteiger partial charge in [0, 0.05) is 41.6 Å². The molecule has 3 aromatic rings. The topological polar surface area (TPSA) is 17.3 Å². The number of thioether (sulfide) groups is 1. The first-order valence-electron chi connectivity index (χ1n) is 7.64. The Balaban J connectivity index is 2.06. The molecule has 3 heteroatoms. The quantitative estimate of drug-likeness (QED) is 0.615. The van der Waals surface area contributed by atoms with Gasteiger partial charge in [0.15, 0.2) is 0 Å². The van der Waals surface area contributed by atoms with E-state index in [1.807, 2.05) is 18.8 Å². The molecule has 0 amide bonds. The van der Waals surface area contributed by atoms with Crippen molar-refractivity contribution in [1.82, 2.24) is 4.57 Å². The molecular formula is C19H18N2S. The zero-order chi connectivity index (χ0) is 14.9. The van der Waals surface area contributed by atoms with Gasteiger partial charge in [0.25, 0.3) is 0 Å². The highest BCUT2D eigenvalue weighted by Gasteiger charge is 2.27. The molecule has 1 aliphatic heterocycles. The van der Waals surface area contributed by atoms with E-state index in [9.17, 15) is 0 Å². The van der Waals surface area contributed by atoms with Gasteiger partial charge in [-0.25, -0.2) is 0 Å². The maximum absolute atomic E-state index is 4.30. The van der Waals surface area contributed by atoms with E-state index in [1.165, 1.54) is 27.2 Å². The van der Waals surface area contributed by atoms with Crippen LogP contribution >= 0.6 is 11.8 Å². The van der Waals surface area contributed by atoms with E-state index in [0.717, 1.165) is 12.2 Å². The molecule has 0 spiro atoms. The standard InChI is InChI=1S/C19H18N2S/c1-20-13-14-11-12-22-19-18(14)16-9-5-6-10-17(16)21(19)15-7-3-2-4-8-15/h2-10,13-14H,11-12H2,1H3. The summed E-state index contributed by atoms with van der Waals surface area (Å²) in [6, 6.07) is 19.4. The van der Waals surface area contributed by atoms with Crippen molar-refractivity contribution in [3.8, 4) is 5.69 Å². The van der Waals surface area contributed by atoms with Gasteiger partial charge in [0.2, 0.25) is 0 Å². The number of hydrogen-bond donors (Lipinski definition) is 0. The second-order valence-corrected chi connectivity index (χ2v) is 6.64. The van der Waals surface area contributed by atoms with Crippen molar-refractivity contribution >= 4 is 28.9 Å². The summed E-state index contributed by atoms with van der Waals surface area (Å²) in [4.78, 5) is 4.30. The maximum Gasteiger partial charge on any atom is 0.0844 e. The molecule has 0 saturated carbocycles. The molecule has 22 heavy (non-hydrogen) atoms. The minimum absolute atomic E-state index is 0.427. The Morgan fingerprint density at radius 1 is 1.09 bits per heavy atom. The Bertz CT molecular complexity index is 833. The highest BCUT2D eigenvalue weighted by atomic mass is 32.2. The van der Waals surface area contributed by atoms with Gasteiger partial charge in [0.05, 0.1) is 10.5 Å². The number of rotatable bonds is 2. The van der Waals surface area contributed by atoms with E-state index < -0.39 is 0 Å². The van der Waals surface area contributed by atoms with E-state index >= 15 is 0 Å². The molecule has 0 N–H and O–H groups in total. The van der Waals surface area contributed by atoms with E-state index in [-0.39, 0.29) is 0 Å². The number of benzene rings is 2. The predicted molar refractivity (Wildman–Crippen MR) is 95.8 cm³/mol. The summed E-state index contributed by atoms with van der Waals surface area (Å²) in [5, 5.41) is 2.74. The number of fused-ring (bicyclic) bond motifs is 3. The van der Waals surface area contributed by atoms with Crippen LogP contribution in [-0.2, 0) is 0 Å². The number of aromatic nitrogens is 1. The van der Waals surface area contributed by atoms with Crippen LogP contribution in [0.2, 0.25) is 0 Å². The molecule has 2 aromatic carbocycles. The molecule has 0 radical (unpaired) electrons. The molecule has 1 unspecified atom stereocenters. The van der Waals surface area contributed by atoms with Gasteiger partial charge in [0.1, 0.15) is 0 Å². The van der Waals surface area contributed by atoms with Crippen molar-refractivity contribution in [3.63, 3.8) is 0 Å². The molecule has 0 fully saturated rings. The third-order valence-electron chi connectivity index (χ3n) is 4.25. The van der Waals surface area contributed by atoms with Crippen molar-refractivity contribution < 1.29 is 0 Å². The lowest BCUT2D eigenvalue weighted by molar-refractivity contribution is 0.806. The van der Waals surface area contributed by atoms with Crippen LogP contribution in [0, 0.1) is 0 Å². The van der Waals surface area contributed by atoms with Crippen LogP contribution in [0.25, 0.3) is 16.6 Å². The molecule has 1 aromatic heterocycles. The summed E-state index contributed by atoms with van der Waals surface area (Å²) in [7, 11) is 1.87. The molecule has 0 saturated heterocycles. The number of aliphatic imine (C=N–C) groups is 1. The predicted octanol–water partition coefficient (Wildman–Crippen LogP) is 4.91. The van der Waals surface area contributed by atoms with Gasteiger partial charge in [-0.3, -0.25) is 0 Å². The lowest BCUT2D eigenvalue weighted by atomic mass is 9.97. The van der Waals surface area contributed by atoms with Crippen LogP contribution in [0.15, 0.2) is 64.6 Å². The normalized spacial score (nSPS) is 18.0. The van der Waals surface area contributed by atoms with Gasteiger partial charge in [-0.1, -0.05) is 36.4 Å². The Morgan fingerprint density at radius 2 is 1.86 bits per heavy atom. The molecular weight excluding hydrogens is 288 g/mol. The number of nitrogens with zero attached hydrogens (tertiary/aromatic N) is 2. The minimum Gasteiger partial charge on any atom is -0.304 e. The molecule has 0 bridgehead atoms. The van der Waals surface area contributed by atoms with Crippen LogP contribution in [0.1, 0.15) is 17.9 Å². The first-order chi connectivity index (χ1) is 10.9. The molecule has 2 heterocycles. The molecule has 4 rings (SSSR count). The van der Waals surface area contributed by atoms with Crippen molar-refractivity contribution in [2.45, 2.75) is 17.4 Å². The Kier molecular flexibility index (Phi) is 3.51. The summed E-state index contributed by atoms with van der Waals surface area (Å²) >= 11 is 1.97. The fourth-order valence-corrected chi connectivity index (χ4v) is 4.65. The Labute approximate surface area is 134 Å². The van der Waals surface area contributed by atoms with Gasteiger partial charge in [-0.15, -0.1) is 11.8 Å². The van der Waals surface area contributed by atoms with Crippen molar-refractivity contribution in [3.05, 3.63) is 60.2 Å². The van der Waals surface area contributed by atoms with Gasteiger partial charge < -0.3 is 9.56 Å². The third kappa shape index (κ3) is 2.08. The van der Waals surface area contributed by atoms with Gasteiger partial charge >= 0.3 is 0 Å². The summed E-state index contributed by atoms with van der Waals surface area (Å²) in [6.07, 6.45) is 3.28. The zero-order valence-electron chi connectivity index (χ0n) is 12.6. The summed E-state index contributed by atoms with van der Waals surface area (Å²) < 4.78 is 2.41. The third-order valence-corrected chi connectivity index (χ3v) is 5.37. The first-order valence-corrected chi connectivity index (χ1v) is 8.62. The van der Waals surface area contributed by atoms with E-state index in [0.29, 0.717) is 5.92 Å². The largest absolute Gasteiger partial charge is 0.304 e. The van der Waals surface area contributed by atoms with Crippen LogP contribution < -0.4 is 0 Å². The SMILES string of the molecule is CN=CC1CCSc2c1c1ccccc1n2-c1ccccc1. The second kappa shape index (κ2) is 5.65. The molecule has 1 aliphatic rings. The van der Waals surface area contributed by atoms with Crippen LogP contribution in [0.4, 0.5) is 0 Å². The van der Waals surface area contributed by atoms with E-state index in [1.54, 1.807) is 0 Å². The monoisotopic (exact) mass is 306 g/mol. The highest BCUT2D eigenvalue weighted by Crippen LogP contribution is 2.44. The number of hydrogen-bond acceptors (Lipinski definition) is 2. The van der Waals surface area contributed by atoms with Crippen molar-refractivity contribution in [1.29, 1.82) is 0 Å². The fraction of sp³-hybridized carbons (Fsp3) is 0.211. The van der Waals surface area contributed by atoms with Crippen LogP contribution in [0.5, 0.6) is 0 Å². The average Bonchev–Trinajstić information content (AvgIpc) is 2.91. The Morgan fingerprint density at radius 3 is 2.68 bits per heavy atom. The maximum atomic E-state index is 4.30. The molecule has 1 atom stereocenters. The highest BCUT2D eigenvalue weighted by molar-refractivity contribution is 7.99. The van der Waals surface area contributed by atoms with Gasteiger partial charge in [-0.2, -0.15) is 0 Å². The minimum atomic E-state index is 0.427. The smallest absolute Gasteiger partial charge is 0.0844 e. The lowest BCUT2D eigenvalue weighted by Crippen LogP contribution is -2.09. The zero-order valence-corrected chi connectivity index (χ0v) is 13.4. The fourth-order valence-electron chi connectivity index (χ4n) is 3.33. The van der Waals surface area contributed by atoms with Crippen molar-refractivity contribution in [2.24, 2.45) is 4.99 Å². The summed E-state index contributed by atoms with van der Waals surface area (Å²) in [5.41, 5.74) is 3.98. The second-order valence-electron chi connectivity index (χ2n) is 5.56. The van der Waals surface area contributed by atoms with Crippen molar-refractivity contribution in [2.75, 3.05) is 12.8 Å².